The van der Waals surface area contributed by atoms with Crippen molar-refractivity contribution in [3.05, 3.63) is 59.7 Å². The summed E-state index contributed by atoms with van der Waals surface area (Å²) in [6.45, 7) is 1.86. The molecule has 0 aromatic heterocycles. The maximum Gasteiger partial charge on any atom is 0.338 e. The van der Waals surface area contributed by atoms with E-state index in [1.807, 2.05) is 30.3 Å². The third kappa shape index (κ3) is 4.33. The molecule has 2 aromatic carbocycles. The second-order valence-electron chi connectivity index (χ2n) is 5.96. The Morgan fingerprint density at radius 2 is 1.88 bits per heavy atom. The Kier molecular flexibility index (Phi) is 5.73. The van der Waals surface area contributed by atoms with Crippen molar-refractivity contribution in [1.29, 1.82) is 0 Å². The number of carbonyl (C=O) groups is 2. The lowest BCUT2D eigenvalue weighted by atomic mass is 10.0. The highest BCUT2D eigenvalue weighted by Crippen LogP contribution is 2.32. The first-order valence-electron chi connectivity index (χ1n) is 8.58. The second-order valence-corrected chi connectivity index (χ2v) is 5.96. The van der Waals surface area contributed by atoms with Crippen LogP contribution in [-0.4, -0.2) is 25.3 Å². The summed E-state index contributed by atoms with van der Waals surface area (Å²) in [6.07, 6.45) is 1.74. The fraction of sp³-hybridized carbons (Fsp3) is 0.300. The number of hydrogen-bond acceptors (Lipinski definition) is 5. The van der Waals surface area contributed by atoms with Crippen LogP contribution in [0.2, 0.25) is 0 Å². The Hall–Kier alpha value is -3.02. The largest absolute Gasteiger partial charge is 0.454 e. The van der Waals surface area contributed by atoms with E-state index in [9.17, 15) is 9.59 Å². The van der Waals surface area contributed by atoms with Gasteiger partial charge in [0.15, 0.2) is 18.1 Å². The highest BCUT2D eigenvalue weighted by atomic mass is 16.7. The van der Waals surface area contributed by atoms with Crippen molar-refractivity contribution in [2.45, 2.75) is 25.8 Å². The minimum atomic E-state index is -0.579. The summed E-state index contributed by atoms with van der Waals surface area (Å²) in [5.74, 6) is 0.173. The number of fused-ring (bicyclic) bond motifs is 1. The molecule has 2 aromatic rings. The van der Waals surface area contributed by atoms with Gasteiger partial charge in [0.25, 0.3) is 5.91 Å². The number of rotatable bonds is 7. The van der Waals surface area contributed by atoms with Crippen LogP contribution in [0.15, 0.2) is 48.5 Å². The van der Waals surface area contributed by atoms with Crippen LogP contribution in [0.25, 0.3) is 0 Å². The quantitative estimate of drug-likeness (QED) is 0.772. The fourth-order valence-corrected chi connectivity index (χ4v) is 2.77. The molecule has 0 fully saturated rings. The molecule has 6 heteroatoms. The summed E-state index contributed by atoms with van der Waals surface area (Å²) in [6, 6.07) is 14.4. The number of carbonyl (C=O) groups excluding carboxylic acids is 2. The number of ether oxygens (including phenoxy) is 3. The number of esters is 1. The third-order valence-electron chi connectivity index (χ3n) is 4.06. The Labute approximate surface area is 152 Å². The molecule has 0 unspecified atom stereocenters. The maximum atomic E-state index is 12.2. The van der Waals surface area contributed by atoms with Crippen molar-refractivity contribution in [3.63, 3.8) is 0 Å². The lowest BCUT2D eigenvalue weighted by Gasteiger charge is -2.18. The monoisotopic (exact) mass is 355 g/mol. The van der Waals surface area contributed by atoms with Crippen LogP contribution in [0.3, 0.4) is 0 Å². The zero-order valence-electron chi connectivity index (χ0n) is 14.6. The lowest BCUT2D eigenvalue weighted by Crippen LogP contribution is -2.32. The molecule has 1 N–H and O–H groups in total. The standard InChI is InChI=1S/C20H21NO5/c1-2-6-16(14-7-4-3-5-8-14)21-19(22)12-24-20(23)15-9-10-17-18(11-15)26-13-25-17/h3-5,7-11,16H,2,6,12-13H2,1H3,(H,21,22)/t16-/m0/s1. The number of benzene rings is 2. The van der Waals surface area contributed by atoms with Crippen LogP contribution in [-0.2, 0) is 9.53 Å². The molecule has 0 saturated heterocycles. The third-order valence-corrected chi connectivity index (χ3v) is 4.06. The Morgan fingerprint density at radius 1 is 1.12 bits per heavy atom. The normalized spacial score (nSPS) is 13.1. The molecule has 26 heavy (non-hydrogen) atoms. The highest BCUT2D eigenvalue weighted by molar-refractivity contribution is 5.92. The molecule has 6 nitrogen and oxygen atoms in total. The zero-order valence-corrected chi connectivity index (χ0v) is 14.6. The Balaban J connectivity index is 1.55. The molecule has 1 aliphatic rings. The van der Waals surface area contributed by atoms with E-state index < -0.39 is 5.97 Å². The van der Waals surface area contributed by atoms with Gasteiger partial charge in [-0.05, 0) is 30.2 Å². The van der Waals surface area contributed by atoms with Gasteiger partial charge in [0.1, 0.15) is 0 Å². The van der Waals surface area contributed by atoms with Crippen molar-refractivity contribution in [1.82, 2.24) is 5.32 Å². The zero-order chi connectivity index (χ0) is 18.4. The summed E-state index contributed by atoms with van der Waals surface area (Å²) in [7, 11) is 0. The van der Waals surface area contributed by atoms with Crippen LogP contribution in [0.4, 0.5) is 0 Å². The van der Waals surface area contributed by atoms with Crippen LogP contribution in [0, 0.1) is 0 Å². The smallest absolute Gasteiger partial charge is 0.338 e. The average Bonchev–Trinajstić information content (AvgIpc) is 3.14. The van der Waals surface area contributed by atoms with Gasteiger partial charge < -0.3 is 19.5 Å². The Bertz CT molecular complexity index is 775. The lowest BCUT2D eigenvalue weighted by molar-refractivity contribution is -0.125. The van der Waals surface area contributed by atoms with Crippen molar-refractivity contribution in [2.24, 2.45) is 0 Å². The van der Waals surface area contributed by atoms with Crippen LogP contribution in [0.1, 0.15) is 41.7 Å². The molecule has 0 saturated carbocycles. The molecule has 1 aliphatic heterocycles. The van der Waals surface area contributed by atoms with Gasteiger partial charge in [-0.15, -0.1) is 0 Å². The van der Waals surface area contributed by atoms with Crippen molar-refractivity contribution < 1.29 is 23.8 Å². The van der Waals surface area contributed by atoms with Crippen molar-refractivity contribution in [3.8, 4) is 11.5 Å². The number of hydrogen-bond donors (Lipinski definition) is 1. The van der Waals surface area contributed by atoms with Crippen molar-refractivity contribution in [2.75, 3.05) is 13.4 Å². The van der Waals surface area contributed by atoms with E-state index in [0.717, 1.165) is 18.4 Å². The van der Waals surface area contributed by atoms with Crippen LogP contribution in [0.5, 0.6) is 11.5 Å². The van der Waals surface area contributed by atoms with E-state index in [0.29, 0.717) is 17.1 Å². The van der Waals surface area contributed by atoms with Crippen LogP contribution < -0.4 is 14.8 Å². The first kappa shape index (κ1) is 17.8. The van der Waals surface area contributed by atoms with Gasteiger partial charge in [-0.25, -0.2) is 4.79 Å². The molecular formula is C20H21NO5. The molecular weight excluding hydrogens is 334 g/mol. The first-order valence-corrected chi connectivity index (χ1v) is 8.58. The summed E-state index contributed by atoms with van der Waals surface area (Å²) < 4.78 is 15.6. The van der Waals surface area contributed by atoms with E-state index in [1.165, 1.54) is 0 Å². The van der Waals surface area contributed by atoms with E-state index in [-0.39, 0.29) is 25.3 Å². The number of amides is 1. The topological polar surface area (TPSA) is 73.9 Å². The van der Waals surface area contributed by atoms with E-state index in [4.69, 9.17) is 14.2 Å². The summed E-state index contributed by atoms with van der Waals surface area (Å²) in [5, 5.41) is 2.92. The molecule has 1 atom stereocenters. The minimum absolute atomic E-state index is 0.0991. The van der Waals surface area contributed by atoms with Gasteiger partial charge in [-0.1, -0.05) is 43.7 Å². The minimum Gasteiger partial charge on any atom is -0.454 e. The highest BCUT2D eigenvalue weighted by Gasteiger charge is 2.19. The predicted octanol–water partition coefficient (Wildman–Crippen LogP) is 3.23. The van der Waals surface area contributed by atoms with Crippen molar-refractivity contribution >= 4 is 11.9 Å². The molecule has 0 radical (unpaired) electrons. The molecule has 3 rings (SSSR count). The van der Waals surface area contributed by atoms with Crippen LogP contribution >= 0.6 is 0 Å². The van der Waals surface area contributed by atoms with Gasteiger partial charge in [0, 0.05) is 0 Å². The maximum absolute atomic E-state index is 12.2. The predicted molar refractivity (Wildman–Crippen MR) is 95.1 cm³/mol. The van der Waals surface area contributed by atoms with E-state index in [1.54, 1.807) is 18.2 Å². The van der Waals surface area contributed by atoms with E-state index >= 15 is 0 Å². The molecule has 1 heterocycles. The summed E-state index contributed by atoms with van der Waals surface area (Å²) in [4.78, 5) is 24.3. The van der Waals surface area contributed by atoms with Gasteiger partial charge >= 0.3 is 5.97 Å². The summed E-state index contributed by atoms with van der Waals surface area (Å²) >= 11 is 0. The van der Waals surface area contributed by atoms with Gasteiger partial charge in [-0.2, -0.15) is 0 Å². The first-order chi connectivity index (χ1) is 12.7. The van der Waals surface area contributed by atoms with Gasteiger partial charge in [0.2, 0.25) is 6.79 Å². The van der Waals surface area contributed by atoms with E-state index in [2.05, 4.69) is 12.2 Å². The fourth-order valence-electron chi connectivity index (χ4n) is 2.77. The summed E-state index contributed by atoms with van der Waals surface area (Å²) in [5.41, 5.74) is 1.35. The Morgan fingerprint density at radius 3 is 2.65 bits per heavy atom. The average molecular weight is 355 g/mol. The van der Waals surface area contributed by atoms with Gasteiger partial charge in [0.05, 0.1) is 11.6 Å². The SMILES string of the molecule is CCC[C@H](NC(=O)COC(=O)c1ccc2c(c1)OCO2)c1ccccc1. The number of nitrogens with one attached hydrogen (secondary N) is 1. The molecule has 1 amide bonds. The molecule has 0 bridgehead atoms. The van der Waals surface area contributed by atoms with Gasteiger partial charge in [-0.3, -0.25) is 4.79 Å². The molecule has 0 spiro atoms. The second kappa shape index (κ2) is 8.38. The molecule has 136 valence electrons. The molecule has 0 aliphatic carbocycles.